The van der Waals surface area contributed by atoms with Gasteiger partial charge >= 0.3 is 6.36 Å². The minimum Gasteiger partial charge on any atom is -0.401 e. The molecule has 7 heteroatoms. The Kier molecular flexibility index (Phi) is 3.30. The van der Waals surface area contributed by atoms with E-state index in [1.54, 1.807) is 0 Å². The number of aromatic nitrogens is 1. The Morgan fingerprint density at radius 1 is 1.43 bits per heavy atom. The quantitative estimate of drug-likeness (QED) is 0.611. The summed E-state index contributed by atoms with van der Waals surface area (Å²) in [5, 5.41) is -0.0177. The van der Waals surface area contributed by atoms with Crippen LogP contribution in [0.15, 0.2) is 12.3 Å². The summed E-state index contributed by atoms with van der Waals surface area (Å²) in [4.78, 5) is 3.53. The highest BCUT2D eigenvalue weighted by Crippen LogP contribution is 2.28. The zero-order valence-corrected chi connectivity index (χ0v) is 8.19. The van der Waals surface area contributed by atoms with Gasteiger partial charge in [0.2, 0.25) is 0 Å². The summed E-state index contributed by atoms with van der Waals surface area (Å²) < 4.78 is 51.8. The molecule has 0 aliphatic carbocycles. The molecule has 0 aliphatic rings. The Morgan fingerprint density at radius 3 is 2.57 bits per heavy atom. The molecule has 0 amide bonds. The van der Waals surface area contributed by atoms with Crippen LogP contribution in [-0.2, 0) is 5.33 Å². The highest BCUT2D eigenvalue weighted by Gasteiger charge is 2.33. The van der Waals surface area contributed by atoms with E-state index in [2.05, 4.69) is 25.7 Å². The number of nitrogens with zero attached hydrogens (tertiary/aromatic N) is 1. The molecule has 0 N–H and O–H groups in total. The Bertz CT molecular complexity index is 328. The van der Waals surface area contributed by atoms with Gasteiger partial charge in [-0.2, -0.15) is 0 Å². The molecule has 2 nitrogen and oxygen atoms in total. The Morgan fingerprint density at radius 2 is 2.07 bits per heavy atom. The van der Waals surface area contributed by atoms with Crippen LogP contribution in [0, 0.1) is 5.82 Å². The van der Waals surface area contributed by atoms with E-state index in [1.165, 1.54) is 0 Å². The molecule has 0 radical (unpaired) electrons. The van der Waals surface area contributed by atoms with Crippen molar-refractivity contribution in [3.8, 4) is 5.75 Å². The van der Waals surface area contributed by atoms with Gasteiger partial charge in [-0.25, -0.2) is 4.39 Å². The van der Waals surface area contributed by atoms with Crippen LogP contribution in [0.2, 0.25) is 0 Å². The molecule has 0 atom stereocenters. The first-order valence-corrected chi connectivity index (χ1v) is 4.51. The standard InChI is InChI=1S/C7H4BrF4NO/c8-3-5-6(14-7(10,11)12)4(9)1-2-13-5/h1-2H,3H2. The molecule has 0 unspecified atom stereocenters. The Balaban J connectivity index is 3.05. The van der Waals surface area contributed by atoms with Gasteiger partial charge < -0.3 is 4.74 Å². The van der Waals surface area contributed by atoms with Crippen molar-refractivity contribution < 1.29 is 22.3 Å². The lowest BCUT2D eigenvalue weighted by molar-refractivity contribution is -0.276. The van der Waals surface area contributed by atoms with E-state index in [4.69, 9.17) is 0 Å². The highest BCUT2D eigenvalue weighted by atomic mass is 79.9. The summed E-state index contributed by atoms with van der Waals surface area (Å²) in [5.74, 6) is -1.98. The Labute approximate surface area is 85.0 Å². The zero-order valence-electron chi connectivity index (χ0n) is 6.61. The topological polar surface area (TPSA) is 22.1 Å². The third-order valence-corrected chi connectivity index (χ3v) is 1.81. The maximum absolute atomic E-state index is 12.9. The first kappa shape index (κ1) is 11.2. The van der Waals surface area contributed by atoms with Gasteiger partial charge in [-0.1, -0.05) is 15.9 Å². The lowest BCUT2D eigenvalue weighted by Gasteiger charge is -2.11. The predicted octanol–water partition coefficient (Wildman–Crippen LogP) is 3.01. The van der Waals surface area contributed by atoms with E-state index in [1.807, 2.05) is 0 Å². The van der Waals surface area contributed by atoms with Crippen molar-refractivity contribution in [1.82, 2.24) is 4.98 Å². The monoisotopic (exact) mass is 273 g/mol. The van der Waals surface area contributed by atoms with Crippen molar-refractivity contribution in [1.29, 1.82) is 0 Å². The van der Waals surface area contributed by atoms with Crippen LogP contribution in [-0.4, -0.2) is 11.3 Å². The molecule has 0 saturated heterocycles. The van der Waals surface area contributed by atoms with Crippen LogP contribution >= 0.6 is 15.9 Å². The van der Waals surface area contributed by atoms with E-state index in [9.17, 15) is 17.6 Å². The molecular weight excluding hydrogens is 270 g/mol. The van der Waals surface area contributed by atoms with Crippen molar-refractivity contribution in [3.05, 3.63) is 23.8 Å². The summed E-state index contributed by atoms with van der Waals surface area (Å²) in [6, 6.07) is 0.799. The smallest absolute Gasteiger partial charge is 0.401 e. The van der Waals surface area contributed by atoms with Crippen molar-refractivity contribution in [2.75, 3.05) is 0 Å². The second-order valence-corrected chi connectivity index (χ2v) is 2.81. The van der Waals surface area contributed by atoms with Gasteiger partial charge in [-0.05, 0) is 6.07 Å². The molecule has 0 bridgehead atoms. The molecule has 78 valence electrons. The number of pyridine rings is 1. The average Bonchev–Trinajstić information content (AvgIpc) is 2.06. The van der Waals surface area contributed by atoms with Crippen LogP contribution in [0.5, 0.6) is 5.75 Å². The highest BCUT2D eigenvalue weighted by molar-refractivity contribution is 9.08. The minimum atomic E-state index is -4.92. The van der Waals surface area contributed by atoms with E-state index in [0.717, 1.165) is 12.3 Å². The van der Waals surface area contributed by atoms with Gasteiger partial charge in [0.1, 0.15) is 0 Å². The minimum absolute atomic E-state index is 0.0177. The number of rotatable bonds is 2. The summed E-state index contributed by atoms with van der Waals surface area (Å²) in [7, 11) is 0. The fourth-order valence-electron chi connectivity index (χ4n) is 0.783. The molecule has 0 aliphatic heterocycles. The number of ether oxygens (including phenoxy) is 1. The van der Waals surface area contributed by atoms with Gasteiger partial charge in [0.25, 0.3) is 0 Å². The van der Waals surface area contributed by atoms with Gasteiger partial charge in [-0.15, -0.1) is 13.2 Å². The fraction of sp³-hybridized carbons (Fsp3) is 0.286. The molecule has 0 fully saturated rings. The zero-order chi connectivity index (χ0) is 10.8. The van der Waals surface area contributed by atoms with E-state index < -0.39 is 17.9 Å². The molecule has 1 rings (SSSR count). The lowest BCUT2D eigenvalue weighted by atomic mass is 10.3. The second-order valence-electron chi connectivity index (χ2n) is 2.25. The summed E-state index contributed by atoms with van der Waals surface area (Å²) >= 11 is 2.87. The van der Waals surface area contributed by atoms with Crippen molar-refractivity contribution in [2.45, 2.75) is 11.7 Å². The molecule has 1 heterocycles. The molecule has 1 aromatic rings. The SMILES string of the molecule is Fc1ccnc(CBr)c1OC(F)(F)F. The van der Waals surface area contributed by atoms with Crippen molar-refractivity contribution in [3.63, 3.8) is 0 Å². The largest absolute Gasteiger partial charge is 0.573 e. The first-order valence-electron chi connectivity index (χ1n) is 3.39. The second kappa shape index (κ2) is 4.12. The van der Waals surface area contributed by atoms with Crippen LogP contribution in [0.25, 0.3) is 0 Å². The van der Waals surface area contributed by atoms with Crippen LogP contribution in [0.3, 0.4) is 0 Å². The maximum Gasteiger partial charge on any atom is 0.573 e. The van der Waals surface area contributed by atoms with Crippen LogP contribution in [0.1, 0.15) is 5.69 Å². The Hall–Kier alpha value is -0.850. The van der Waals surface area contributed by atoms with E-state index in [-0.39, 0.29) is 11.0 Å². The van der Waals surface area contributed by atoms with Gasteiger partial charge in [0.05, 0.1) is 5.69 Å². The van der Waals surface area contributed by atoms with E-state index in [0.29, 0.717) is 0 Å². The summed E-state index contributed by atoms with van der Waals surface area (Å²) in [6.07, 6.45) is -3.85. The molecule has 1 aromatic heterocycles. The number of hydrogen-bond acceptors (Lipinski definition) is 2. The maximum atomic E-state index is 12.9. The number of hydrogen-bond donors (Lipinski definition) is 0. The van der Waals surface area contributed by atoms with Gasteiger partial charge in [0, 0.05) is 11.5 Å². The molecular formula is C7H4BrF4NO. The first-order chi connectivity index (χ1) is 6.44. The van der Waals surface area contributed by atoms with Gasteiger partial charge in [0.15, 0.2) is 11.6 Å². The summed E-state index contributed by atoms with van der Waals surface area (Å²) in [6.45, 7) is 0. The van der Waals surface area contributed by atoms with Crippen LogP contribution < -0.4 is 4.74 Å². The molecule has 0 saturated carbocycles. The molecule has 14 heavy (non-hydrogen) atoms. The number of halogens is 5. The third kappa shape index (κ3) is 2.83. The molecule has 0 aromatic carbocycles. The number of alkyl halides is 4. The van der Waals surface area contributed by atoms with Crippen molar-refractivity contribution in [2.24, 2.45) is 0 Å². The summed E-state index contributed by atoms with van der Waals surface area (Å²) in [5.41, 5.74) is -0.137. The van der Waals surface area contributed by atoms with Crippen LogP contribution in [0.4, 0.5) is 17.6 Å². The van der Waals surface area contributed by atoms with Gasteiger partial charge in [-0.3, -0.25) is 4.98 Å². The van der Waals surface area contributed by atoms with Crippen molar-refractivity contribution >= 4 is 15.9 Å². The average molecular weight is 274 g/mol. The predicted molar refractivity (Wildman–Crippen MR) is 43.5 cm³/mol. The van der Waals surface area contributed by atoms with E-state index >= 15 is 0 Å². The third-order valence-electron chi connectivity index (χ3n) is 1.27. The lowest BCUT2D eigenvalue weighted by Crippen LogP contribution is -2.19. The molecule has 0 spiro atoms. The normalized spacial score (nSPS) is 11.5. The fourth-order valence-corrected chi connectivity index (χ4v) is 1.18.